The number of nitrogens with one attached hydrogen (secondary N) is 2. The highest BCUT2D eigenvalue weighted by Crippen LogP contribution is 2.40. The molecule has 1 heterocycles. The maximum Gasteiger partial charge on any atom is 0.191 e. The summed E-state index contributed by atoms with van der Waals surface area (Å²) in [6, 6.07) is 3.56. The highest BCUT2D eigenvalue weighted by molar-refractivity contribution is 5.79. The average Bonchev–Trinajstić information content (AvgIpc) is 3.22. The molecule has 130 valence electrons. The van der Waals surface area contributed by atoms with Crippen molar-refractivity contribution in [3.8, 4) is 0 Å². The molecule has 1 unspecified atom stereocenters. The number of hydrogen-bond donors (Lipinski definition) is 3. The van der Waals surface area contributed by atoms with Gasteiger partial charge in [0, 0.05) is 13.1 Å². The van der Waals surface area contributed by atoms with Crippen molar-refractivity contribution in [2.75, 3.05) is 19.6 Å². The van der Waals surface area contributed by atoms with E-state index < -0.39 is 5.60 Å². The van der Waals surface area contributed by atoms with Gasteiger partial charge in [0.2, 0.25) is 0 Å². The summed E-state index contributed by atoms with van der Waals surface area (Å²) in [5.41, 5.74) is -0.693. The number of aliphatic imine (C=N–C) groups is 1. The fourth-order valence-electron chi connectivity index (χ4n) is 3.29. The van der Waals surface area contributed by atoms with Crippen LogP contribution < -0.4 is 10.6 Å². The third-order valence-electron chi connectivity index (χ3n) is 4.99. The molecule has 0 aliphatic heterocycles. The van der Waals surface area contributed by atoms with Crippen molar-refractivity contribution >= 4 is 5.96 Å². The molecule has 0 radical (unpaired) electrons. The Labute approximate surface area is 139 Å². The maximum atomic E-state index is 10.5. The highest BCUT2D eigenvalue weighted by atomic mass is 16.4. The molecule has 0 bridgehead atoms. The smallest absolute Gasteiger partial charge is 0.191 e. The van der Waals surface area contributed by atoms with Gasteiger partial charge in [-0.3, -0.25) is 0 Å². The molecule has 1 aromatic rings. The van der Waals surface area contributed by atoms with Crippen LogP contribution in [0.25, 0.3) is 0 Å². The fourth-order valence-corrected chi connectivity index (χ4v) is 3.29. The summed E-state index contributed by atoms with van der Waals surface area (Å²) >= 11 is 0. The standard InChI is InChI=1S/C18H31N3O2/c1-4-18(10-6-7-11-18)14-21-16(19-5-2)20-13-17(3,22)15-9-8-12-23-15/h8-9,12,22H,4-7,10-11,13-14H2,1-3H3,(H2,19,20,21). The van der Waals surface area contributed by atoms with E-state index in [9.17, 15) is 5.11 Å². The van der Waals surface area contributed by atoms with Crippen LogP contribution in [0.5, 0.6) is 0 Å². The van der Waals surface area contributed by atoms with Crippen LogP contribution in [-0.2, 0) is 5.60 Å². The zero-order valence-corrected chi connectivity index (χ0v) is 14.7. The van der Waals surface area contributed by atoms with Crippen molar-refractivity contribution < 1.29 is 9.52 Å². The molecule has 3 N–H and O–H groups in total. The van der Waals surface area contributed by atoms with Gasteiger partial charge in [-0.25, -0.2) is 4.99 Å². The first kappa shape index (κ1) is 17.9. The first-order valence-electron chi connectivity index (χ1n) is 8.80. The minimum atomic E-state index is -1.10. The van der Waals surface area contributed by atoms with E-state index >= 15 is 0 Å². The van der Waals surface area contributed by atoms with Gasteiger partial charge in [-0.15, -0.1) is 0 Å². The first-order valence-corrected chi connectivity index (χ1v) is 8.80. The number of furan rings is 1. The molecule has 1 fully saturated rings. The monoisotopic (exact) mass is 321 g/mol. The Kier molecular flexibility index (Phi) is 6.10. The SMILES string of the molecule is CCNC(=NCC(C)(O)c1ccco1)NCC1(CC)CCCC1. The van der Waals surface area contributed by atoms with Crippen LogP contribution in [0, 0.1) is 5.41 Å². The van der Waals surface area contributed by atoms with Crippen LogP contribution in [0.15, 0.2) is 27.8 Å². The summed E-state index contributed by atoms with van der Waals surface area (Å²) in [6.07, 6.45) is 8.01. The molecule has 1 saturated carbocycles. The van der Waals surface area contributed by atoms with E-state index in [1.807, 2.05) is 6.92 Å². The normalized spacial score (nSPS) is 20.3. The molecule has 1 atom stereocenters. The second kappa shape index (κ2) is 7.86. The number of hydrogen-bond acceptors (Lipinski definition) is 3. The van der Waals surface area contributed by atoms with Crippen molar-refractivity contribution in [2.45, 2.75) is 58.5 Å². The Morgan fingerprint density at radius 2 is 2.09 bits per heavy atom. The lowest BCUT2D eigenvalue weighted by atomic mass is 9.83. The highest BCUT2D eigenvalue weighted by Gasteiger charge is 2.32. The van der Waals surface area contributed by atoms with Gasteiger partial charge >= 0.3 is 0 Å². The van der Waals surface area contributed by atoms with Gasteiger partial charge < -0.3 is 20.2 Å². The summed E-state index contributed by atoms with van der Waals surface area (Å²) in [5, 5.41) is 17.2. The van der Waals surface area contributed by atoms with E-state index in [4.69, 9.17) is 4.42 Å². The molecular weight excluding hydrogens is 290 g/mol. The zero-order valence-electron chi connectivity index (χ0n) is 14.7. The van der Waals surface area contributed by atoms with E-state index in [2.05, 4.69) is 22.5 Å². The number of guanidine groups is 1. The van der Waals surface area contributed by atoms with Gasteiger partial charge in [0.05, 0.1) is 12.8 Å². The van der Waals surface area contributed by atoms with Crippen molar-refractivity contribution in [1.29, 1.82) is 0 Å². The molecule has 0 spiro atoms. The Bertz CT molecular complexity index is 488. The van der Waals surface area contributed by atoms with Gasteiger partial charge in [0.1, 0.15) is 11.4 Å². The molecule has 0 saturated heterocycles. The summed E-state index contributed by atoms with van der Waals surface area (Å²) in [4.78, 5) is 4.55. The van der Waals surface area contributed by atoms with Crippen LogP contribution in [0.2, 0.25) is 0 Å². The third-order valence-corrected chi connectivity index (χ3v) is 4.99. The molecule has 2 rings (SSSR count). The summed E-state index contributed by atoms with van der Waals surface area (Å²) < 4.78 is 5.31. The molecule has 1 aliphatic rings. The minimum Gasteiger partial charge on any atom is -0.466 e. The molecular formula is C18H31N3O2. The van der Waals surface area contributed by atoms with Crippen molar-refractivity contribution in [3.05, 3.63) is 24.2 Å². The van der Waals surface area contributed by atoms with E-state index in [1.165, 1.54) is 32.1 Å². The van der Waals surface area contributed by atoms with Gasteiger partial charge in [-0.1, -0.05) is 19.8 Å². The molecule has 0 amide bonds. The number of nitrogens with zero attached hydrogens (tertiary/aromatic N) is 1. The fraction of sp³-hybridized carbons (Fsp3) is 0.722. The Balaban J connectivity index is 1.97. The lowest BCUT2D eigenvalue weighted by Crippen LogP contribution is -2.43. The number of aliphatic hydroxyl groups is 1. The Hall–Kier alpha value is -1.49. The van der Waals surface area contributed by atoms with E-state index in [-0.39, 0.29) is 6.54 Å². The topological polar surface area (TPSA) is 69.8 Å². The van der Waals surface area contributed by atoms with Gasteiger partial charge in [-0.2, -0.15) is 0 Å². The van der Waals surface area contributed by atoms with Gasteiger partial charge in [0.25, 0.3) is 0 Å². The molecule has 5 nitrogen and oxygen atoms in total. The van der Waals surface area contributed by atoms with Crippen LogP contribution in [0.4, 0.5) is 0 Å². The maximum absolute atomic E-state index is 10.5. The quantitative estimate of drug-likeness (QED) is 0.533. The third kappa shape index (κ3) is 4.74. The van der Waals surface area contributed by atoms with Crippen LogP contribution in [0.3, 0.4) is 0 Å². The van der Waals surface area contributed by atoms with E-state index in [0.717, 1.165) is 19.0 Å². The van der Waals surface area contributed by atoms with E-state index in [0.29, 0.717) is 11.2 Å². The predicted octanol–water partition coefficient (Wildman–Crippen LogP) is 3.01. The van der Waals surface area contributed by atoms with Gasteiger partial charge in [-0.05, 0) is 50.7 Å². The first-order chi connectivity index (χ1) is 11.0. The van der Waals surface area contributed by atoms with Crippen LogP contribution in [0.1, 0.15) is 58.6 Å². The van der Waals surface area contributed by atoms with E-state index in [1.54, 1.807) is 25.3 Å². The summed E-state index contributed by atoms with van der Waals surface area (Å²) in [5.74, 6) is 1.30. The van der Waals surface area contributed by atoms with Crippen LogP contribution >= 0.6 is 0 Å². The predicted molar refractivity (Wildman–Crippen MR) is 93.5 cm³/mol. The molecule has 1 aromatic heterocycles. The molecule has 0 aromatic carbocycles. The Morgan fingerprint density at radius 1 is 1.35 bits per heavy atom. The molecule has 23 heavy (non-hydrogen) atoms. The van der Waals surface area contributed by atoms with Crippen molar-refractivity contribution in [2.24, 2.45) is 10.4 Å². The summed E-state index contributed by atoms with van der Waals surface area (Å²) in [7, 11) is 0. The summed E-state index contributed by atoms with van der Waals surface area (Å²) in [6.45, 7) is 8.05. The lowest BCUT2D eigenvalue weighted by Gasteiger charge is -2.29. The zero-order chi connectivity index (χ0) is 16.8. The van der Waals surface area contributed by atoms with Crippen molar-refractivity contribution in [1.82, 2.24) is 10.6 Å². The molecule has 1 aliphatic carbocycles. The molecule has 5 heteroatoms. The van der Waals surface area contributed by atoms with Crippen molar-refractivity contribution in [3.63, 3.8) is 0 Å². The Morgan fingerprint density at radius 3 is 2.65 bits per heavy atom. The number of rotatable bonds is 7. The lowest BCUT2D eigenvalue weighted by molar-refractivity contribution is 0.0436. The second-order valence-corrected chi connectivity index (χ2v) is 6.86. The largest absolute Gasteiger partial charge is 0.466 e. The minimum absolute atomic E-state index is 0.259. The van der Waals surface area contributed by atoms with Crippen LogP contribution in [-0.4, -0.2) is 30.7 Å². The second-order valence-electron chi connectivity index (χ2n) is 6.86. The van der Waals surface area contributed by atoms with Gasteiger partial charge in [0.15, 0.2) is 5.96 Å². The average molecular weight is 321 g/mol.